The number of hydrogen-bond donors (Lipinski definition) is 2. The molecule has 0 spiro atoms. The zero-order chi connectivity index (χ0) is 21.3. The van der Waals surface area contributed by atoms with Gasteiger partial charge in [-0.3, -0.25) is 4.98 Å². The monoisotopic (exact) mass is 404 g/mol. The van der Waals surface area contributed by atoms with Crippen molar-refractivity contribution >= 4 is 23.2 Å². The van der Waals surface area contributed by atoms with Crippen molar-refractivity contribution in [2.45, 2.75) is 26.4 Å². The van der Waals surface area contributed by atoms with Crippen molar-refractivity contribution in [2.75, 3.05) is 5.32 Å². The molecule has 4 rings (SSSR count). The van der Waals surface area contributed by atoms with Gasteiger partial charge in [0.05, 0.1) is 28.8 Å². The van der Waals surface area contributed by atoms with Crippen LogP contribution in [0.3, 0.4) is 0 Å². The molecule has 152 valence electrons. The van der Waals surface area contributed by atoms with Gasteiger partial charge in [-0.2, -0.15) is 5.10 Å². The molecular weight excluding hydrogens is 383 g/mol. The molecule has 2 heterocycles. The minimum Gasteiger partial charge on any atom is -0.478 e. The Morgan fingerprint density at radius 2 is 2.00 bits per heavy atom. The Hall–Kier alpha value is -3.74. The first kappa shape index (κ1) is 19.6. The number of benzene rings is 1. The fourth-order valence-corrected chi connectivity index (χ4v) is 3.61. The summed E-state index contributed by atoms with van der Waals surface area (Å²) in [5, 5.41) is 17.5. The van der Waals surface area contributed by atoms with Crippen LogP contribution in [0.2, 0.25) is 0 Å². The number of nitrogens with zero attached hydrogens (tertiary/aromatic N) is 3. The number of allylic oxidation sites excluding steroid dienone is 4. The first-order valence-electron chi connectivity index (χ1n) is 9.57. The second-order valence-electron chi connectivity index (χ2n) is 7.15. The maximum absolute atomic E-state index is 14.2. The molecule has 0 aliphatic heterocycles. The molecule has 7 heteroatoms. The SMILES string of the molecule is CC1=C(n2nc(C)c(-c3ccccc3)c2Nc2cnccc2C(=O)O)CC(F)C=C1. The third kappa shape index (κ3) is 3.61. The van der Waals surface area contributed by atoms with Gasteiger partial charge in [0.2, 0.25) is 0 Å². The highest BCUT2D eigenvalue weighted by Crippen LogP contribution is 2.38. The number of anilines is 2. The first-order valence-corrected chi connectivity index (χ1v) is 9.57. The number of pyridine rings is 1. The molecule has 0 saturated carbocycles. The van der Waals surface area contributed by atoms with Gasteiger partial charge < -0.3 is 10.4 Å². The van der Waals surface area contributed by atoms with Crippen molar-refractivity contribution in [3.05, 3.63) is 77.8 Å². The van der Waals surface area contributed by atoms with Crippen LogP contribution in [0.25, 0.3) is 16.8 Å². The fraction of sp³-hybridized carbons (Fsp3) is 0.174. The zero-order valence-corrected chi connectivity index (χ0v) is 16.6. The normalized spacial score (nSPS) is 16.0. The molecule has 30 heavy (non-hydrogen) atoms. The molecule has 0 bridgehead atoms. The molecule has 3 aromatic rings. The van der Waals surface area contributed by atoms with Gasteiger partial charge in [0.25, 0.3) is 0 Å². The predicted octanol–water partition coefficient (Wildman–Crippen LogP) is 5.22. The summed E-state index contributed by atoms with van der Waals surface area (Å²) in [5.41, 5.74) is 4.54. The maximum Gasteiger partial charge on any atom is 0.337 e. The molecule has 1 atom stereocenters. The van der Waals surface area contributed by atoms with Crippen LogP contribution >= 0.6 is 0 Å². The Labute approximate surface area is 173 Å². The third-order valence-corrected chi connectivity index (χ3v) is 5.08. The van der Waals surface area contributed by atoms with E-state index >= 15 is 0 Å². The fourth-order valence-electron chi connectivity index (χ4n) is 3.61. The summed E-state index contributed by atoms with van der Waals surface area (Å²) in [6, 6.07) is 11.1. The van der Waals surface area contributed by atoms with E-state index in [1.54, 1.807) is 10.8 Å². The van der Waals surface area contributed by atoms with Crippen molar-refractivity contribution in [3.63, 3.8) is 0 Å². The van der Waals surface area contributed by atoms with Crippen molar-refractivity contribution in [2.24, 2.45) is 0 Å². The van der Waals surface area contributed by atoms with E-state index in [1.807, 2.05) is 44.2 Å². The number of carboxylic acids is 1. The minimum absolute atomic E-state index is 0.0898. The molecule has 1 aliphatic carbocycles. The van der Waals surface area contributed by atoms with Gasteiger partial charge in [-0.05, 0) is 37.1 Å². The largest absolute Gasteiger partial charge is 0.478 e. The standard InChI is InChI=1S/C23H21FN4O2/c1-14-8-9-17(24)12-20(14)28-22(26-19-13-25-11-10-18(19)23(29)30)21(15(2)27-28)16-6-4-3-5-7-16/h3-11,13,17,26H,12H2,1-2H3,(H,29,30). The molecule has 6 nitrogen and oxygen atoms in total. The van der Waals surface area contributed by atoms with E-state index in [0.717, 1.165) is 28.1 Å². The number of halogens is 1. The summed E-state index contributed by atoms with van der Waals surface area (Å²) < 4.78 is 15.9. The average molecular weight is 404 g/mol. The summed E-state index contributed by atoms with van der Waals surface area (Å²) in [6.45, 7) is 3.79. The lowest BCUT2D eigenvalue weighted by Crippen LogP contribution is -2.13. The van der Waals surface area contributed by atoms with Crippen LogP contribution in [0.15, 0.2) is 66.5 Å². The number of aromatic carboxylic acids is 1. The van der Waals surface area contributed by atoms with Gasteiger partial charge in [0.15, 0.2) is 0 Å². The Balaban J connectivity index is 1.93. The van der Waals surface area contributed by atoms with E-state index in [9.17, 15) is 14.3 Å². The number of alkyl halides is 1. The Bertz CT molecular complexity index is 1170. The molecule has 1 unspecified atom stereocenters. The molecular formula is C23H21FN4O2. The van der Waals surface area contributed by atoms with Gasteiger partial charge in [0, 0.05) is 18.2 Å². The summed E-state index contributed by atoms with van der Waals surface area (Å²) >= 11 is 0. The minimum atomic E-state index is -1.10. The van der Waals surface area contributed by atoms with Gasteiger partial charge in [-0.25, -0.2) is 13.9 Å². The third-order valence-electron chi connectivity index (χ3n) is 5.08. The summed E-state index contributed by atoms with van der Waals surface area (Å²) in [5.74, 6) is -0.491. The smallest absolute Gasteiger partial charge is 0.337 e. The lowest BCUT2D eigenvalue weighted by Gasteiger charge is -2.20. The Morgan fingerprint density at radius 1 is 1.23 bits per heavy atom. The predicted molar refractivity (Wildman–Crippen MR) is 114 cm³/mol. The van der Waals surface area contributed by atoms with Gasteiger partial charge in [0.1, 0.15) is 12.0 Å². The highest BCUT2D eigenvalue weighted by Gasteiger charge is 2.24. The highest BCUT2D eigenvalue weighted by atomic mass is 19.1. The van der Waals surface area contributed by atoms with Crippen molar-refractivity contribution in [1.82, 2.24) is 14.8 Å². The molecule has 1 aliphatic rings. The van der Waals surface area contributed by atoms with E-state index < -0.39 is 12.1 Å². The molecule has 0 amide bonds. The van der Waals surface area contributed by atoms with Crippen molar-refractivity contribution < 1.29 is 14.3 Å². The van der Waals surface area contributed by atoms with Crippen LogP contribution < -0.4 is 5.32 Å². The highest BCUT2D eigenvalue weighted by molar-refractivity contribution is 5.96. The van der Waals surface area contributed by atoms with Crippen LogP contribution in [-0.2, 0) is 0 Å². The first-order chi connectivity index (χ1) is 14.5. The number of aryl methyl sites for hydroxylation is 1. The number of hydrogen-bond acceptors (Lipinski definition) is 4. The van der Waals surface area contributed by atoms with E-state index in [2.05, 4.69) is 10.3 Å². The quantitative estimate of drug-likeness (QED) is 0.609. The lowest BCUT2D eigenvalue weighted by molar-refractivity contribution is 0.0698. The summed E-state index contributed by atoms with van der Waals surface area (Å²) in [7, 11) is 0. The van der Waals surface area contributed by atoms with Gasteiger partial charge >= 0.3 is 5.97 Å². The van der Waals surface area contributed by atoms with Crippen LogP contribution in [0.5, 0.6) is 0 Å². The second kappa shape index (κ2) is 7.94. The summed E-state index contributed by atoms with van der Waals surface area (Å²) in [6.07, 6.45) is 5.26. The van der Waals surface area contributed by atoms with Crippen LogP contribution in [-0.4, -0.2) is 32.0 Å². The van der Waals surface area contributed by atoms with Crippen LogP contribution in [0, 0.1) is 6.92 Å². The number of carbonyl (C=O) groups is 1. The number of rotatable bonds is 5. The van der Waals surface area contributed by atoms with E-state index in [0.29, 0.717) is 11.5 Å². The van der Waals surface area contributed by atoms with Crippen molar-refractivity contribution in [1.29, 1.82) is 0 Å². The Kier molecular flexibility index (Phi) is 5.18. The number of carboxylic acid groups (broad SMARTS) is 1. The maximum atomic E-state index is 14.2. The van der Waals surface area contributed by atoms with Gasteiger partial charge in [-0.1, -0.05) is 36.4 Å². The molecule has 2 N–H and O–H groups in total. The second-order valence-corrected chi connectivity index (χ2v) is 7.15. The van der Waals surface area contributed by atoms with Crippen molar-refractivity contribution in [3.8, 4) is 11.1 Å². The number of nitrogens with one attached hydrogen (secondary N) is 1. The summed E-state index contributed by atoms with van der Waals surface area (Å²) in [4.78, 5) is 15.8. The molecule has 0 saturated heterocycles. The van der Waals surface area contributed by atoms with E-state index in [1.165, 1.54) is 24.5 Å². The van der Waals surface area contributed by atoms with Crippen LogP contribution in [0.1, 0.15) is 29.4 Å². The van der Waals surface area contributed by atoms with E-state index in [4.69, 9.17) is 5.10 Å². The lowest BCUT2D eigenvalue weighted by atomic mass is 10.0. The zero-order valence-electron chi connectivity index (χ0n) is 16.6. The Morgan fingerprint density at radius 3 is 2.73 bits per heavy atom. The van der Waals surface area contributed by atoms with E-state index in [-0.39, 0.29) is 12.0 Å². The molecule has 1 aromatic carbocycles. The topological polar surface area (TPSA) is 80.0 Å². The average Bonchev–Trinajstić information content (AvgIpc) is 3.06. The molecule has 0 radical (unpaired) electrons. The molecule has 2 aromatic heterocycles. The molecule has 0 fully saturated rings. The van der Waals surface area contributed by atoms with Crippen LogP contribution in [0.4, 0.5) is 15.9 Å². The number of aromatic nitrogens is 3. The van der Waals surface area contributed by atoms with Gasteiger partial charge in [-0.15, -0.1) is 0 Å².